The second-order valence-corrected chi connectivity index (χ2v) is 5.85. The molecular formula is C19H13N9. The van der Waals surface area contributed by atoms with Gasteiger partial charge in [-0.15, -0.1) is 0 Å². The van der Waals surface area contributed by atoms with Gasteiger partial charge in [-0.3, -0.25) is 20.2 Å². The van der Waals surface area contributed by atoms with Gasteiger partial charge in [-0.1, -0.05) is 18.2 Å². The molecule has 134 valence electrons. The zero-order chi connectivity index (χ0) is 18.8. The van der Waals surface area contributed by atoms with Crippen molar-refractivity contribution >= 4 is 0 Å². The second kappa shape index (κ2) is 6.80. The summed E-state index contributed by atoms with van der Waals surface area (Å²) in [4.78, 5) is 22.1. The Morgan fingerprint density at radius 3 is 1.46 bits per heavy atom. The molecule has 28 heavy (non-hydrogen) atoms. The van der Waals surface area contributed by atoms with Crippen LogP contribution in [0.25, 0.3) is 46.1 Å². The van der Waals surface area contributed by atoms with Gasteiger partial charge in [0, 0.05) is 12.4 Å². The Balaban J connectivity index is 1.46. The molecule has 0 unspecified atom stereocenters. The van der Waals surface area contributed by atoms with E-state index < -0.39 is 0 Å². The van der Waals surface area contributed by atoms with Gasteiger partial charge in [0.15, 0.2) is 23.3 Å². The number of rotatable bonds is 4. The van der Waals surface area contributed by atoms with Crippen molar-refractivity contribution in [2.45, 2.75) is 0 Å². The van der Waals surface area contributed by atoms with Gasteiger partial charge < -0.3 is 0 Å². The highest BCUT2D eigenvalue weighted by Crippen LogP contribution is 2.21. The third-order valence-electron chi connectivity index (χ3n) is 3.99. The molecule has 0 bridgehead atoms. The Kier molecular flexibility index (Phi) is 3.87. The van der Waals surface area contributed by atoms with Gasteiger partial charge in [-0.25, -0.2) is 15.0 Å². The molecule has 0 fully saturated rings. The standard InChI is InChI=1S/C19H13N9/c1-3-10-20-12(6-1)16-23-18(27-25-16)14-8-5-9-15(22-14)19-24-17(26-28-19)13-7-2-4-11-21-13/h1-11H,(H,23,25,27)(H,24,26,28). The fraction of sp³-hybridized carbons (Fsp3) is 0. The SMILES string of the molecule is c1ccc(-c2nc(-c3cccc(-c4n[nH]c(-c5ccccn5)n4)n3)n[nH]2)nc1. The number of hydrogen-bond donors (Lipinski definition) is 2. The van der Waals surface area contributed by atoms with Crippen LogP contribution in [-0.2, 0) is 0 Å². The Morgan fingerprint density at radius 2 is 1.00 bits per heavy atom. The van der Waals surface area contributed by atoms with Gasteiger partial charge in [0.1, 0.15) is 22.8 Å². The summed E-state index contributed by atoms with van der Waals surface area (Å²) in [5.74, 6) is 2.11. The van der Waals surface area contributed by atoms with Gasteiger partial charge in [-0.05, 0) is 36.4 Å². The topological polar surface area (TPSA) is 122 Å². The van der Waals surface area contributed by atoms with E-state index in [1.54, 1.807) is 12.4 Å². The maximum Gasteiger partial charge on any atom is 0.200 e. The van der Waals surface area contributed by atoms with Crippen molar-refractivity contribution < 1.29 is 0 Å². The number of aromatic nitrogens is 9. The fourth-order valence-corrected chi connectivity index (χ4v) is 2.67. The molecule has 0 aliphatic carbocycles. The van der Waals surface area contributed by atoms with Crippen molar-refractivity contribution in [3.8, 4) is 46.1 Å². The van der Waals surface area contributed by atoms with E-state index in [-0.39, 0.29) is 0 Å². The second-order valence-electron chi connectivity index (χ2n) is 5.85. The lowest BCUT2D eigenvalue weighted by Gasteiger charge is -1.98. The van der Waals surface area contributed by atoms with Crippen LogP contribution < -0.4 is 0 Å². The van der Waals surface area contributed by atoms with Crippen LogP contribution in [0, 0.1) is 0 Å². The van der Waals surface area contributed by atoms with E-state index in [9.17, 15) is 0 Å². The van der Waals surface area contributed by atoms with E-state index in [0.717, 1.165) is 0 Å². The van der Waals surface area contributed by atoms with E-state index in [1.807, 2.05) is 54.6 Å². The first-order chi connectivity index (χ1) is 13.9. The summed E-state index contributed by atoms with van der Waals surface area (Å²) in [6, 6.07) is 16.7. The van der Waals surface area contributed by atoms with Crippen LogP contribution in [0.2, 0.25) is 0 Å². The zero-order valence-corrected chi connectivity index (χ0v) is 14.5. The van der Waals surface area contributed by atoms with E-state index in [1.165, 1.54) is 0 Å². The van der Waals surface area contributed by atoms with E-state index in [0.29, 0.717) is 46.1 Å². The lowest BCUT2D eigenvalue weighted by molar-refractivity contribution is 1.07. The van der Waals surface area contributed by atoms with Crippen LogP contribution in [0.1, 0.15) is 0 Å². The lowest BCUT2D eigenvalue weighted by Crippen LogP contribution is -1.91. The molecule has 9 heteroatoms. The first-order valence-corrected chi connectivity index (χ1v) is 8.52. The average molecular weight is 367 g/mol. The molecule has 5 aromatic heterocycles. The highest BCUT2D eigenvalue weighted by atomic mass is 15.2. The van der Waals surface area contributed by atoms with Gasteiger partial charge in [-0.2, -0.15) is 10.2 Å². The summed E-state index contributed by atoms with van der Waals surface area (Å²) in [5, 5.41) is 14.3. The molecule has 0 saturated carbocycles. The summed E-state index contributed by atoms with van der Waals surface area (Å²) >= 11 is 0. The van der Waals surface area contributed by atoms with Crippen LogP contribution in [0.5, 0.6) is 0 Å². The maximum absolute atomic E-state index is 4.60. The van der Waals surface area contributed by atoms with Gasteiger partial charge in [0.05, 0.1) is 0 Å². The molecule has 0 atom stereocenters. The van der Waals surface area contributed by atoms with Crippen molar-refractivity contribution in [3.63, 3.8) is 0 Å². The molecule has 5 aromatic rings. The molecule has 5 rings (SSSR count). The van der Waals surface area contributed by atoms with E-state index >= 15 is 0 Å². The van der Waals surface area contributed by atoms with E-state index in [2.05, 4.69) is 45.3 Å². The molecule has 0 aliphatic heterocycles. The maximum atomic E-state index is 4.60. The Bertz CT molecular complexity index is 1120. The van der Waals surface area contributed by atoms with Crippen LogP contribution in [-0.4, -0.2) is 45.3 Å². The van der Waals surface area contributed by atoms with Gasteiger partial charge in [0.2, 0.25) is 0 Å². The smallest absolute Gasteiger partial charge is 0.200 e. The predicted molar refractivity (Wildman–Crippen MR) is 101 cm³/mol. The first kappa shape index (κ1) is 15.9. The average Bonchev–Trinajstić information content (AvgIpc) is 3.46. The molecule has 0 saturated heterocycles. The molecule has 0 amide bonds. The summed E-state index contributed by atoms with van der Waals surface area (Å²) in [6.45, 7) is 0. The molecule has 0 aliphatic rings. The van der Waals surface area contributed by atoms with Crippen LogP contribution in [0.3, 0.4) is 0 Å². The summed E-state index contributed by atoms with van der Waals surface area (Å²) in [7, 11) is 0. The number of aromatic amines is 2. The highest BCUT2D eigenvalue weighted by Gasteiger charge is 2.13. The monoisotopic (exact) mass is 367 g/mol. The quantitative estimate of drug-likeness (QED) is 0.501. The van der Waals surface area contributed by atoms with Crippen molar-refractivity contribution in [2.24, 2.45) is 0 Å². The molecule has 0 spiro atoms. The number of nitrogens with zero attached hydrogens (tertiary/aromatic N) is 7. The highest BCUT2D eigenvalue weighted by molar-refractivity contribution is 5.61. The third kappa shape index (κ3) is 3.01. The van der Waals surface area contributed by atoms with Crippen molar-refractivity contribution in [1.82, 2.24) is 45.3 Å². The largest absolute Gasteiger partial charge is 0.257 e. The van der Waals surface area contributed by atoms with Gasteiger partial charge in [0.25, 0.3) is 0 Å². The van der Waals surface area contributed by atoms with Crippen LogP contribution in [0.15, 0.2) is 67.0 Å². The molecule has 0 aromatic carbocycles. The first-order valence-electron chi connectivity index (χ1n) is 8.52. The fourth-order valence-electron chi connectivity index (χ4n) is 2.67. The Morgan fingerprint density at radius 1 is 0.500 bits per heavy atom. The van der Waals surface area contributed by atoms with Crippen molar-refractivity contribution in [3.05, 3.63) is 67.0 Å². The number of nitrogens with one attached hydrogen (secondary N) is 2. The molecule has 5 heterocycles. The summed E-state index contributed by atoms with van der Waals surface area (Å²) in [6.07, 6.45) is 3.41. The third-order valence-corrected chi connectivity index (χ3v) is 3.99. The number of pyridine rings is 3. The minimum atomic E-state index is 0.475. The zero-order valence-electron chi connectivity index (χ0n) is 14.5. The summed E-state index contributed by atoms with van der Waals surface area (Å²) in [5.41, 5.74) is 2.65. The molecule has 0 radical (unpaired) electrons. The summed E-state index contributed by atoms with van der Waals surface area (Å²) < 4.78 is 0. The number of hydrogen-bond acceptors (Lipinski definition) is 7. The predicted octanol–water partition coefficient (Wildman–Crippen LogP) is 2.78. The molecule has 2 N–H and O–H groups in total. The minimum Gasteiger partial charge on any atom is -0.257 e. The number of H-pyrrole nitrogens is 2. The normalized spacial score (nSPS) is 10.9. The Labute approximate surface area is 159 Å². The van der Waals surface area contributed by atoms with Crippen molar-refractivity contribution in [2.75, 3.05) is 0 Å². The Hall–Kier alpha value is -4.27. The van der Waals surface area contributed by atoms with Crippen molar-refractivity contribution in [1.29, 1.82) is 0 Å². The lowest BCUT2D eigenvalue weighted by atomic mass is 10.3. The van der Waals surface area contributed by atoms with E-state index in [4.69, 9.17) is 0 Å². The van der Waals surface area contributed by atoms with Crippen LogP contribution in [0.4, 0.5) is 0 Å². The molecule has 9 nitrogen and oxygen atoms in total. The molecular weight excluding hydrogens is 354 g/mol. The van der Waals surface area contributed by atoms with Crippen LogP contribution >= 0.6 is 0 Å². The minimum absolute atomic E-state index is 0.475. The van der Waals surface area contributed by atoms with Gasteiger partial charge >= 0.3 is 0 Å².